The summed E-state index contributed by atoms with van der Waals surface area (Å²) >= 11 is 1.77. The van der Waals surface area contributed by atoms with Crippen molar-refractivity contribution in [3.63, 3.8) is 0 Å². The van der Waals surface area contributed by atoms with Gasteiger partial charge < -0.3 is 5.32 Å². The fourth-order valence-electron chi connectivity index (χ4n) is 1.53. The Labute approximate surface area is 110 Å². The predicted molar refractivity (Wildman–Crippen MR) is 77.6 cm³/mol. The highest BCUT2D eigenvalue weighted by molar-refractivity contribution is 7.07. The van der Waals surface area contributed by atoms with Crippen LogP contribution >= 0.6 is 11.3 Å². The molecule has 2 nitrogen and oxygen atoms in total. The van der Waals surface area contributed by atoms with Gasteiger partial charge >= 0.3 is 0 Å². The van der Waals surface area contributed by atoms with Crippen molar-refractivity contribution in [2.75, 3.05) is 13.6 Å². The molecule has 0 radical (unpaired) electrons. The number of hydrogen-bond donors (Lipinski definition) is 1. The minimum Gasteiger partial charge on any atom is -0.310 e. The molecule has 0 saturated heterocycles. The van der Waals surface area contributed by atoms with Gasteiger partial charge in [0.15, 0.2) is 0 Å². The summed E-state index contributed by atoms with van der Waals surface area (Å²) in [6.07, 6.45) is 1.16. The molecule has 0 amide bonds. The molecule has 1 unspecified atom stereocenters. The number of nitrogens with zero attached hydrogens (tertiary/aromatic N) is 1. The van der Waals surface area contributed by atoms with Gasteiger partial charge in [0.25, 0.3) is 0 Å². The molecular formula is C14H26N2S. The fraction of sp³-hybridized carbons (Fsp3) is 0.714. The normalized spacial score (nSPS) is 14.2. The van der Waals surface area contributed by atoms with Crippen LogP contribution in [0.3, 0.4) is 0 Å². The molecule has 1 aromatic heterocycles. The minimum absolute atomic E-state index is 0.248. The van der Waals surface area contributed by atoms with Crippen LogP contribution in [0.2, 0.25) is 0 Å². The van der Waals surface area contributed by atoms with E-state index >= 15 is 0 Å². The highest BCUT2D eigenvalue weighted by Crippen LogP contribution is 2.11. The van der Waals surface area contributed by atoms with E-state index in [0.29, 0.717) is 6.04 Å². The zero-order valence-corrected chi connectivity index (χ0v) is 12.6. The second kappa shape index (κ2) is 6.53. The quantitative estimate of drug-likeness (QED) is 0.803. The van der Waals surface area contributed by atoms with Gasteiger partial charge in [0, 0.05) is 24.7 Å². The first-order valence-electron chi connectivity index (χ1n) is 6.41. The van der Waals surface area contributed by atoms with Crippen LogP contribution in [0.25, 0.3) is 0 Å². The van der Waals surface area contributed by atoms with Gasteiger partial charge in [-0.15, -0.1) is 0 Å². The van der Waals surface area contributed by atoms with Gasteiger partial charge in [-0.3, -0.25) is 4.90 Å². The van der Waals surface area contributed by atoms with E-state index in [-0.39, 0.29) is 5.54 Å². The van der Waals surface area contributed by atoms with Gasteiger partial charge in [-0.25, -0.2) is 0 Å². The molecule has 0 aliphatic heterocycles. The predicted octanol–water partition coefficient (Wildman–Crippen LogP) is 3.35. The molecule has 1 heterocycles. The Bertz CT molecular complexity index is 306. The summed E-state index contributed by atoms with van der Waals surface area (Å²) < 4.78 is 0. The lowest BCUT2D eigenvalue weighted by molar-refractivity contribution is 0.223. The Balaban J connectivity index is 2.34. The monoisotopic (exact) mass is 254 g/mol. The summed E-state index contributed by atoms with van der Waals surface area (Å²) in [5, 5.41) is 8.00. The zero-order valence-electron chi connectivity index (χ0n) is 11.8. The van der Waals surface area contributed by atoms with Gasteiger partial charge in [-0.1, -0.05) is 6.92 Å². The SMILES string of the molecule is CCC(C)(C)NCC(C)N(C)Cc1ccsc1. The average molecular weight is 254 g/mol. The summed E-state index contributed by atoms with van der Waals surface area (Å²) in [6, 6.07) is 2.76. The largest absolute Gasteiger partial charge is 0.310 e. The van der Waals surface area contributed by atoms with Crippen molar-refractivity contribution in [1.82, 2.24) is 10.2 Å². The summed E-state index contributed by atoms with van der Waals surface area (Å²) in [6.45, 7) is 11.1. The Kier molecular flexibility index (Phi) is 5.63. The summed E-state index contributed by atoms with van der Waals surface area (Å²) in [5.41, 5.74) is 1.66. The third-order valence-electron chi connectivity index (χ3n) is 3.52. The van der Waals surface area contributed by atoms with Crippen LogP contribution in [0, 0.1) is 0 Å². The Morgan fingerprint density at radius 2 is 2.18 bits per heavy atom. The van der Waals surface area contributed by atoms with Crippen molar-refractivity contribution >= 4 is 11.3 Å². The average Bonchev–Trinajstić information content (AvgIpc) is 2.78. The molecule has 1 atom stereocenters. The Morgan fingerprint density at radius 3 is 2.71 bits per heavy atom. The van der Waals surface area contributed by atoms with Crippen LogP contribution in [-0.4, -0.2) is 30.1 Å². The van der Waals surface area contributed by atoms with Crippen LogP contribution < -0.4 is 5.32 Å². The lowest BCUT2D eigenvalue weighted by Gasteiger charge is -2.30. The van der Waals surface area contributed by atoms with Gasteiger partial charge in [0.05, 0.1) is 0 Å². The van der Waals surface area contributed by atoms with E-state index in [2.05, 4.69) is 61.8 Å². The molecule has 0 aromatic carbocycles. The van der Waals surface area contributed by atoms with E-state index in [0.717, 1.165) is 19.5 Å². The third kappa shape index (κ3) is 5.19. The molecule has 1 rings (SSSR count). The lowest BCUT2D eigenvalue weighted by atomic mass is 10.0. The van der Waals surface area contributed by atoms with E-state index in [1.807, 2.05) is 0 Å². The minimum atomic E-state index is 0.248. The number of rotatable bonds is 7. The first kappa shape index (κ1) is 14.7. The summed E-state index contributed by atoms with van der Waals surface area (Å²) in [4.78, 5) is 2.40. The molecule has 0 fully saturated rings. The van der Waals surface area contributed by atoms with Gasteiger partial charge in [-0.2, -0.15) is 11.3 Å². The molecule has 0 aliphatic rings. The number of nitrogens with one attached hydrogen (secondary N) is 1. The maximum Gasteiger partial charge on any atom is 0.0242 e. The van der Waals surface area contributed by atoms with Gasteiger partial charge in [0.1, 0.15) is 0 Å². The highest BCUT2D eigenvalue weighted by Gasteiger charge is 2.17. The van der Waals surface area contributed by atoms with E-state index in [4.69, 9.17) is 0 Å². The molecule has 98 valence electrons. The van der Waals surface area contributed by atoms with Crippen LogP contribution in [0.1, 0.15) is 39.7 Å². The maximum atomic E-state index is 3.63. The van der Waals surface area contributed by atoms with Gasteiger partial charge in [0.2, 0.25) is 0 Å². The number of likely N-dealkylation sites (N-methyl/N-ethyl adjacent to an activating group) is 1. The van der Waals surface area contributed by atoms with Crippen molar-refractivity contribution in [3.8, 4) is 0 Å². The summed E-state index contributed by atoms with van der Waals surface area (Å²) in [5.74, 6) is 0. The van der Waals surface area contributed by atoms with Crippen molar-refractivity contribution < 1.29 is 0 Å². The lowest BCUT2D eigenvalue weighted by Crippen LogP contribution is -2.46. The molecule has 0 bridgehead atoms. The number of hydrogen-bond acceptors (Lipinski definition) is 3. The van der Waals surface area contributed by atoms with Crippen LogP contribution in [-0.2, 0) is 6.54 Å². The van der Waals surface area contributed by atoms with Gasteiger partial charge in [-0.05, 0) is 56.6 Å². The van der Waals surface area contributed by atoms with Crippen molar-refractivity contribution in [3.05, 3.63) is 22.4 Å². The third-order valence-corrected chi connectivity index (χ3v) is 4.26. The highest BCUT2D eigenvalue weighted by atomic mass is 32.1. The summed E-state index contributed by atoms with van der Waals surface area (Å²) in [7, 11) is 2.20. The molecule has 1 N–H and O–H groups in total. The molecule has 3 heteroatoms. The Hall–Kier alpha value is -0.380. The molecule has 0 spiro atoms. The van der Waals surface area contributed by atoms with Crippen LogP contribution in [0.15, 0.2) is 16.8 Å². The maximum absolute atomic E-state index is 3.63. The van der Waals surface area contributed by atoms with Crippen LogP contribution in [0.4, 0.5) is 0 Å². The fourth-order valence-corrected chi connectivity index (χ4v) is 2.19. The van der Waals surface area contributed by atoms with Crippen molar-refractivity contribution in [1.29, 1.82) is 0 Å². The van der Waals surface area contributed by atoms with Crippen molar-refractivity contribution in [2.45, 2.75) is 52.2 Å². The second-order valence-electron chi connectivity index (χ2n) is 5.51. The smallest absolute Gasteiger partial charge is 0.0242 e. The van der Waals surface area contributed by atoms with Crippen LogP contribution in [0.5, 0.6) is 0 Å². The van der Waals surface area contributed by atoms with E-state index in [1.165, 1.54) is 5.56 Å². The first-order chi connectivity index (χ1) is 7.94. The zero-order chi connectivity index (χ0) is 12.9. The molecular weight excluding hydrogens is 228 g/mol. The molecule has 0 aliphatic carbocycles. The molecule has 17 heavy (non-hydrogen) atoms. The van der Waals surface area contributed by atoms with Crippen molar-refractivity contribution in [2.24, 2.45) is 0 Å². The standard InChI is InChI=1S/C14H26N2S/c1-6-14(3,4)15-9-12(2)16(5)10-13-7-8-17-11-13/h7-8,11-12,15H,6,9-10H2,1-5H3. The molecule has 0 saturated carbocycles. The van der Waals surface area contributed by atoms with E-state index < -0.39 is 0 Å². The molecule has 1 aromatic rings. The van der Waals surface area contributed by atoms with E-state index in [1.54, 1.807) is 11.3 Å². The topological polar surface area (TPSA) is 15.3 Å². The van der Waals surface area contributed by atoms with E-state index in [9.17, 15) is 0 Å². The number of thiophene rings is 1. The first-order valence-corrected chi connectivity index (χ1v) is 7.35. The Morgan fingerprint density at radius 1 is 1.47 bits per heavy atom. The second-order valence-corrected chi connectivity index (χ2v) is 6.29.